The van der Waals surface area contributed by atoms with Crippen molar-refractivity contribution in [2.45, 2.75) is 45.6 Å². The van der Waals surface area contributed by atoms with E-state index in [-0.39, 0.29) is 5.91 Å². The molecule has 23 heavy (non-hydrogen) atoms. The molecule has 0 saturated heterocycles. The number of hydrogen-bond acceptors (Lipinski definition) is 3. The second kappa shape index (κ2) is 8.92. The van der Waals surface area contributed by atoms with E-state index in [0.29, 0.717) is 25.1 Å². The van der Waals surface area contributed by atoms with Crippen LogP contribution < -0.4 is 10.1 Å². The maximum absolute atomic E-state index is 12.2. The van der Waals surface area contributed by atoms with Crippen molar-refractivity contribution in [2.75, 3.05) is 26.7 Å². The van der Waals surface area contributed by atoms with Gasteiger partial charge in [-0.05, 0) is 44.4 Å². The molecule has 0 heterocycles. The normalized spacial score (nSPS) is 21.2. The summed E-state index contributed by atoms with van der Waals surface area (Å²) >= 11 is 0. The van der Waals surface area contributed by atoms with E-state index in [1.165, 1.54) is 19.3 Å². The molecule has 1 aliphatic carbocycles. The molecule has 2 rings (SSSR count). The lowest BCUT2D eigenvalue weighted by Crippen LogP contribution is -2.45. The van der Waals surface area contributed by atoms with E-state index < -0.39 is 0 Å². The Hall–Kier alpha value is -1.55. The molecule has 1 fully saturated rings. The minimum atomic E-state index is 0.127. The second-order valence-electron chi connectivity index (χ2n) is 6.79. The number of carbonyl (C=O) groups is 1. The fraction of sp³-hybridized carbons (Fsp3) is 0.632. The first kappa shape index (κ1) is 17.8. The Morgan fingerprint density at radius 1 is 1.30 bits per heavy atom. The number of ether oxygens (including phenoxy) is 1. The maximum Gasteiger partial charge on any atom is 0.234 e. The van der Waals surface area contributed by atoms with Gasteiger partial charge in [0.05, 0.1) is 6.54 Å². The number of rotatable bonds is 7. The van der Waals surface area contributed by atoms with Gasteiger partial charge in [0.1, 0.15) is 12.4 Å². The van der Waals surface area contributed by atoms with Crippen molar-refractivity contribution in [1.82, 2.24) is 10.2 Å². The van der Waals surface area contributed by atoms with Crippen molar-refractivity contribution in [2.24, 2.45) is 5.92 Å². The smallest absolute Gasteiger partial charge is 0.234 e. The van der Waals surface area contributed by atoms with Crippen LogP contribution in [0.3, 0.4) is 0 Å². The Kier molecular flexibility index (Phi) is 6.90. The quantitative estimate of drug-likeness (QED) is 0.840. The third kappa shape index (κ3) is 5.87. The highest BCUT2D eigenvalue weighted by molar-refractivity contribution is 5.78. The summed E-state index contributed by atoms with van der Waals surface area (Å²) in [6, 6.07) is 8.35. The van der Waals surface area contributed by atoms with Crippen molar-refractivity contribution in [3.05, 3.63) is 29.8 Å². The SMILES string of the molecule is Cc1ccccc1OCCN(C)CC(=O)N[C@H]1CCCC[C@@H]1C. The monoisotopic (exact) mass is 318 g/mol. The molecular weight excluding hydrogens is 288 g/mol. The zero-order valence-corrected chi connectivity index (χ0v) is 14.7. The molecule has 1 aliphatic rings. The van der Waals surface area contributed by atoms with Crippen molar-refractivity contribution < 1.29 is 9.53 Å². The Bertz CT molecular complexity index is 504. The van der Waals surface area contributed by atoms with Crippen molar-refractivity contribution >= 4 is 5.91 Å². The van der Waals surface area contributed by atoms with Gasteiger partial charge >= 0.3 is 0 Å². The molecule has 4 heteroatoms. The lowest BCUT2D eigenvalue weighted by Gasteiger charge is -2.30. The third-order valence-electron chi connectivity index (χ3n) is 4.70. The second-order valence-corrected chi connectivity index (χ2v) is 6.79. The molecule has 128 valence electrons. The lowest BCUT2D eigenvalue weighted by atomic mass is 9.86. The van der Waals surface area contributed by atoms with Crippen LogP contribution in [-0.2, 0) is 4.79 Å². The molecule has 0 aliphatic heterocycles. The topological polar surface area (TPSA) is 41.6 Å². The molecule has 0 unspecified atom stereocenters. The number of amides is 1. The highest BCUT2D eigenvalue weighted by Gasteiger charge is 2.22. The van der Waals surface area contributed by atoms with Crippen LogP contribution in [0, 0.1) is 12.8 Å². The Morgan fingerprint density at radius 2 is 2.04 bits per heavy atom. The van der Waals surface area contributed by atoms with Gasteiger partial charge in [0.2, 0.25) is 5.91 Å². The van der Waals surface area contributed by atoms with Crippen LogP contribution in [-0.4, -0.2) is 43.6 Å². The van der Waals surface area contributed by atoms with Crippen LogP contribution in [0.2, 0.25) is 0 Å². The molecule has 1 N–H and O–H groups in total. The standard InChI is InChI=1S/C19H30N2O2/c1-15-8-4-6-10-17(15)20-19(22)14-21(3)12-13-23-18-11-7-5-9-16(18)2/h5,7,9,11,15,17H,4,6,8,10,12-14H2,1-3H3,(H,20,22)/t15-,17-/m0/s1. The summed E-state index contributed by atoms with van der Waals surface area (Å²) < 4.78 is 5.78. The number of hydrogen-bond donors (Lipinski definition) is 1. The van der Waals surface area contributed by atoms with Crippen LogP contribution in [0.25, 0.3) is 0 Å². The van der Waals surface area contributed by atoms with Crippen LogP contribution >= 0.6 is 0 Å². The molecule has 4 nitrogen and oxygen atoms in total. The number of nitrogens with zero attached hydrogens (tertiary/aromatic N) is 1. The van der Waals surface area contributed by atoms with Gasteiger partial charge in [-0.25, -0.2) is 0 Å². The Balaban J connectivity index is 1.66. The number of carbonyl (C=O) groups excluding carboxylic acids is 1. The Morgan fingerprint density at radius 3 is 2.78 bits per heavy atom. The van der Waals surface area contributed by atoms with Gasteiger partial charge in [-0.2, -0.15) is 0 Å². The van der Waals surface area contributed by atoms with E-state index in [4.69, 9.17) is 4.74 Å². The van der Waals surface area contributed by atoms with Gasteiger partial charge in [0.15, 0.2) is 0 Å². The maximum atomic E-state index is 12.2. The van der Waals surface area contributed by atoms with Crippen LogP contribution in [0.5, 0.6) is 5.75 Å². The first-order valence-corrected chi connectivity index (χ1v) is 8.72. The van der Waals surface area contributed by atoms with E-state index in [9.17, 15) is 4.79 Å². The molecule has 1 amide bonds. The molecule has 0 aromatic heterocycles. The highest BCUT2D eigenvalue weighted by Crippen LogP contribution is 2.23. The fourth-order valence-electron chi connectivity index (χ4n) is 3.14. The first-order chi connectivity index (χ1) is 11.1. The summed E-state index contributed by atoms with van der Waals surface area (Å²) in [7, 11) is 1.96. The summed E-state index contributed by atoms with van der Waals surface area (Å²) in [4.78, 5) is 14.2. The van der Waals surface area contributed by atoms with Crippen molar-refractivity contribution in [3.8, 4) is 5.75 Å². The van der Waals surface area contributed by atoms with E-state index in [1.807, 2.05) is 43.1 Å². The largest absolute Gasteiger partial charge is 0.492 e. The number of para-hydroxylation sites is 1. The van der Waals surface area contributed by atoms with E-state index in [2.05, 4.69) is 12.2 Å². The third-order valence-corrected chi connectivity index (χ3v) is 4.70. The molecule has 1 aromatic rings. The van der Waals surface area contributed by atoms with Crippen LogP contribution in [0.1, 0.15) is 38.2 Å². The first-order valence-electron chi connectivity index (χ1n) is 8.72. The number of aryl methyl sites for hydroxylation is 1. The number of nitrogens with one attached hydrogen (secondary N) is 1. The summed E-state index contributed by atoms with van der Waals surface area (Å²) in [6.07, 6.45) is 4.87. The zero-order chi connectivity index (χ0) is 16.7. The molecule has 0 spiro atoms. The van der Waals surface area contributed by atoms with Gasteiger partial charge in [0.25, 0.3) is 0 Å². The van der Waals surface area contributed by atoms with Gasteiger partial charge in [0, 0.05) is 12.6 Å². The van der Waals surface area contributed by atoms with Gasteiger partial charge < -0.3 is 10.1 Å². The van der Waals surface area contributed by atoms with E-state index >= 15 is 0 Å². The van der Waals surface area contributed by atoms with Crippen LogP contribution in [0.4, 0.5) is 0 Å². The highest BCUT2D eigenvalue weighted by atomic mass is 16.5. The van der Waals surface area contributed by atoms with E-state index in [1.54, 1.807) is 0 Å². The summed E-state index contributed by atoms with van der Waals surface area (Å²) in [5.41, 5.74) is 1.14. The van der Waals surface area contributed by atoms with Crippen LogP contribution in [0.15, 0.2) is 24.3 Å². The average Bonchev–Trinajstić information content (AvgIpc) is 2.51. The average molecular weight is 318 g/mol. The molecule has 0 radical (unpaired) electrons. The summed E-state index contributed by atoms with van der Waals surface area (Å²) in [6.45, 7) is 6.04. The Labute approximate surface area is 140 Å². The minimum Gasteiger partial charge on any atom is -0.492 e. The number of benzene rings is 1. The minimum absolute atomic E-state index is 0.127. The van der Waals surface area contributed by atoms with Gasteiger partial charge in [-0.3, -0.25) is 9.69 Å². The van der Waals surface area contributed by atoms with Crippen molar-refractivity contribution in [3.63, 3.8) is 0 Å². The number of likely N-dealkylation sites (N-methyl/N-ethyl adjacent to an activating group) is 1. The zero-order valence-electron chi connectivity index (χ0n) is 14.7. The molecule has 2 atom stereocenters. The summed E-state index contributed by atoms with van der Waals surface area (Å²) in [5, 5.41) is 3.20. The molecule has 1 saturated carbocycles. The molecule has 1 aromatic carbocycles. The predicted molar refractivity (Wildman–Crippen MR) is 93.7 cm³/mol. The molecular formula is C19H30N2O2. The van der Waals surface area contributed by atoms with E-state index in [0.717, 1.165) is 24.3 Å². The molecule has 0 bridgehead atoms. The van der Waals surface area contributed by atoms with Gasteiger partial charge in [-0.1, -0.05) is 38.0 Å². The van der Waals surface area contributed by atoms with Crippen molar-refractivity contribution in [1.29, 1.82) is 0 Å². The lowest BCUT2D eigenvalue weighted by molar-refractivity contribution is -0.123. The predicted octanol–water partition coefficient (Wildman–Crippen LogP) is 3.00. The summed E-state index contributed by atoms with van der Waals surface area (Å²) in [5.74, 6) is 1.64. The van der Waals surface area contributed by atoms with Gasteiger partial charge in [-0.15, -0.1) is 0 Å². The fourth-order valence-corrected chi connectivity index (χ4v) is 3.14.